The molecule has 0 aliphatic rings. The van der Waals surface area contributed by atoms with Crippen LogP contribution in [0.2, 0.25) is 5.15 Å². The lowest BCUT2D eigenvalue weighted by Crippen LogP contribution is -1.91. The van der Waals surface area contributed by atoms with Crippen LogP contribution in [0.1, 0.15) is 0 Å². The van der Waals surface area contributed by atoms with E-state index < -0.39 is 0 Å². The largest absolute Gasteiger partial charge is 0.438 e. The minimum atomic E-state index is -0.381. The number of halogens is 3. The number of hydrogen-bond donors (Lipinski definition) is 0. The Labute approximate surface area is 104 Å². The highest BCUT2D eigenvalue weighted by Crippen LogP contribution is 2.31. The standard InChI is InChI=1S/C10H5BrClFN2O/c11-8-9(12)14-5-15-10(8)16-7-3-1-2-6(13)4-7/h1-5H. The summed E-state index contributed by atoms with van der Waals surface area (Å²) in [4.78, 5) is 7.63. The van der Waals surface area contributed by atoms with E-state index in [9.17, 15) is 4.39 Å². The monoisotopic (exact) mass is 302 g/mol. The second-order valence-corrected chi connectivity index (χ2v) is 3.99. The Kier molecular flexibility index (Phi) is 3.36. The summed E-state index contributed by atoms with van der Waals surface area (Å²) in [7, 11) is 0. The molecule has 0 amide bonds. The van der Waals surface area contributed by atoms with Crippen LogP contribution < -0.4 is 4.74 Å². The van der Waals surface area contributed by atoms with E-state index in [1.165, 1.54) is 18.5 Å². The van der Waals surface area contributed by atoms with Crippen LogP contribution in [0.15, 0.2) is 35.1 Å². The number of benzene rings is 1. The molecule has 1 aromatic carbocycles. The van der Waals surface area contributed by atoms with Crippen molar-refractivity contribution in [1.82, 2.24) is 9.97 Å². The molecule has 2 aromatic rings. The molecule has 0 bridgehead atoms. The molecule has 0 unspecified atom stereocenters. The summed E-state index contributed by atoms with van der Waals surface area (Å²) in [5.41, 5.74) is 0. The van der Waals surface area contributed by atoms with Crippen molar-refractivity contribution in [2.75, 3.05) is 0 Å². The van der Waals surface area contributed by atoms with E-state index in [0.29, 0.717) is 10.2 Å². The van der Waals surface area contributed by atoms with E-state index in [1.54, 1.807) is 12.1 Å². The molecule has 16 heavy (non-hydrogen) atoms. The fourth-order valence-corrected chi connectivity index (χ4v) is 1.46. The predicted molar refractivity (Wildman–Crippen MR) is 61.2 cm³/mol. The number of hydrogen-bond acceptors (Lipinski definition) is 3. The highest BCUT2D eigenvalue weighted by molar-refractivity contribution is 9.10. The molecule has 82 valence electrons. The lowest BCUT2D eigenvalue weighted by atomic mass is 10.3. The molecular weight excluding hydrogens is 298 g/mol. The van der Waals surface area contributed by atoms with Gasteiger partial charge >= 0.3 is 0 Å². The molecule has 0 saturated carbocycles. The van der Waals surface area contributed by atoms with E-state index in [-0.39, 0.29) is 16.9 Å². The maximum absolute atomic E-state index is 12.9. The normalized spacial score (nSPS) is 10.2. The van der Waals surface area contributed by atoms with Gasteiger partial charge in [0.2, 0.25) is 5.88 Å². The number of aromatic nitrogens is 2. The average molecular weight is 304 g/mol. The molecule has 0 spiro atoms. The van der Waals surface area contributed by atoms with Crippen molar-refractivity contribution in [2.45, 2.75) is 0 Å². The van der Waals surface area contributed by atoms with Gasteiger partial charge in [-0.3, -0.25) is 0 Å². The Morgan fingerprint density at radius 3 is 2.88 bits per heavy atom. The Balaban J connectivity index is 2.31. The Morgan fingerprint density at radius 2 is 2.12 bits per heavy atom. The molecule has 0 N–H and O–H groups in total. The maximum atomic E-state index is 12.9. The first-order valence-corrected chi connectivity index (χ1v) is 5.43. The molecule has 0 aliphatic heterocycles. The van der Waals surface area contributed by atoms with Gasteiger partial charge in [-0.2, -0.15) is 0 Å². The van der Waals surface area contributed by atoms with Crippen LogP contribution in [-0.2, 0) is 0 Å². The molecular formula is C10H5BrClFN2O. The zero-order chi connectivity index (χ0) is 11.5. The van der Waals surface area contributed by atoms with Gasteiger partial charge in [0.05, 0.1) is 0 Å². The van der Waals surface area contributed by atoms with Crippen LogP contribution in [0.25, 0.3) is 0 Å². The molecule has 1 aromatic heterocycles. The van der Waals surface area contributed by atoms with Crippen LogP contribution >= 0.6 is 27.5 Å². The Morgan fingerprint density at radius 1 is 1.31 bits per heavy atom. The van der Waals surface area contributed by atoms with Gasteiger partial charge in [-0.05, 0) is 28.1 Å². The number of ether oxygens (including phenoxy) is 1. The van der Waals surface area contributed by atoms with Crippen molar-refractivity contribution >= 4 is 27.5 Å². The number of rotatable bonds is 2. The smallest absolute Gasteiger partial charge is 0.238 e. The average Bonchev–Trinajstić information content (AvgIpc) is 2.25. The van der Waals surface area contributed by atoms with Crippen LogP contribution in [0.4, 0.5) is 4.39 Å². The Hall–Kier alpha value is -1.20. The lowest BCUT2D eigenvalue weighted by molar-refractivity contribution is 0.453. The first-order valence-electron chi connectivity index (χ1n) is 4.26. The third-order valence-electron chi connectivity index (χ3n) is 1.73. The van der Waals surface area contributed by atoms with Gasteiger partial charge in [-0.25, -0.2) is 14.4 Å². The molecule has 0 radical (unpaired) electrons. The third-order valence-corrected chi connectivity index (χ3v) is 2.96. The van der Waals surface area contributed by atoms with E-state index >= 15 is 0 Å². The lowest BCUT2D eigenvalue weighted by Gasteiger charge is -2.06. The first kappa shape index (κ1) is 11.3. The second kappa shape index (κ2) is 4.76. The zero-order valence-corrected chi connectivity index (χ0v) is 10.2. The highest BCUT2D eigenvalue weighted by atomic mass is 79.9. The summed E-state index contributed by atoms with van der Waals surface area (Å²) in [5.74, 6) is 0.204. The topological polar surface area (TPSA) is 35.0 Å². The summed E-state index contributed by atoms with van der Waals surface area (Å²) in [5, 5.41) is 0.237. The van der Waals surface area contributed by atoms with Crippen molar-refractivity contribution < 1.29 is 9.13 Å². The summed E-state index contributed by atoms with van der Waals surface area (Å²) in [6.45, 7) is 0. The molecule has 2 rings (SSSR count). The van der Waals surface area contributed by atoms with Crippen LogP contribution in [-0.4, -0.2) is 9.97 Å². The quantitative estimate of drug-likeness (QED) is 0.791. The van der Waals surface area contributed by atoms with E-state index in [0.717, 1.165) is 0 Å². The molecule has 6 heteroatoms. The zero-order valence-electron chi connectivity index (χ0n) is 7.82. The van der Waals surface area contributed by atoms with Crippen LogP contribution in [0.5, 0.6) is 11.6 Å². The van der Waals surface area contributed by atoms with Crippen LogP contribution in [0.3, 0.4) is 0 Å². The predicted octanol–water partition coefficient (Wildman–Crippen LogP) is 3.82. The summed E-state index contributed by atoms with van der Waals surface area (Å²) < 4.78 is 18.7. The van der Waals surface area contributed by atoms with Gasteiger partial charge in [-0.15, -0.1) is 0 Å². The fraction of sp³-hybridized carbons (Fsp3) is 0. The van der Waals surface area contributed by atoms with Gasteiger partial charge < -0.3 is 4.74 Å². The van der Waals surface area contributed by atoms with Crippen LogP contribution in [0, 0.1) is 5.82 Å². The molecule has 0 fully saturated rings. The summed E-state index contributed by atoms with van der Waals surface area (Å²) in [6.07, 6.45) is 1.27. The van der Waals surface area contributed by atoms with E-state index in [1.807, 2.05) is 0 Å². The van der Waals surface area contributed by atoms with E-state index in [4.69, 9.17) is 16.3 Å². The molecule has 0 atom stereocenters. The summed E-state index contributed by atoms with van der Waals surface area (Å²) in [6, 6.07) is 5.74. The van der Waals surface area contributed by atoms with Gasteiger partial charge in [-0.1, -0.05) is 17.7 Å². The minimum Gasteiger partial charge on any atom is -0.438 e. The van der Waals surface area contributed by atoms with Crippen molar-refractivity contribution in [1.29, 1.82) is 0 Å². The van der Waals surface area contributed by atoms with Crippen molar-refractivity contribution in [3.05, 3.63) is 46.0 Å². The minimum absolute atomic E-state index is 0.237. The van der Waals surface area contributed by atoms with Crippen molar-refractivity contribution in [3.63, 3.8) is 0 Å². The van der Waals surface area contributed by atoms with Gasteiger partial charge in [0.25, 0.3) is 0 Å². The second-order valence-electron chi connectivity index (χ2n) is 2.84. The van der Waals surface area contributed by atoms with Gasteiger partial charge in [0, 0.05) is 6.07 Å². The maximum Gasteiger partial charge on any atom is 0.238 e. The molecule has 1 heterocycles. The van der Waals surface area contributed by atoms with E-state index in [2.05, 4.69) is 25.9 Å². The SMILES string of the molecule is Fc1cccc(Oc2ncnc(Cl)c2Br)c1. The van der Waals surface area contributed by atoms with Crippen molar-refractivity contribution in [2.24, 2.45) is 0 Å². The van der Waals surface area contributed by atoms with Gasteiger partial charge in [0.1, 0.15) is 22.4 Å². The fourth-order valence-electron chi connectivity index (χ4n) is 1.05. The highest BCUT2D eigenvalue weighted by Gasteiger charge is 2.09. The first-order chi connectivity index (χ1) is 7.66. The molecule has 0 saturated heterocycles. The molecule has 0 aliphatic carbocycles. The van der Waals surface area contributed by atoms with Gasteiger partial charge in [0.15, 0.2) is 5.15 Å². The Bertz CT molecular complexity index is 524. The molecule has 3 nitrogen and oxygen atoms in total. The third kappa shape index (κ3) is 2.48. The number of nitrogens with zero attached hydrogens (tertiary/aromatic N) is 2. The summed E-state index contributed by atoms with van der Waals surface area (Å²) >= 11 is 8.94. The van der Waals surface area contributed by atoms with Crippen molar-refractivity contribution in [3.8, 4) is 11.6 Å².